The lowest BCUT2D eigenvalue weighted by atomic mass is 10.00. The average molecular weight is 444 g/mol. The Morgan fingerprint density at radius 2 is 1.94 bits per heavy atom. The predicted molar refractivity (Wildman–Crippen MR) is 121 cm³/mol. The molecule has 2 N–H and O–H groups in total. The Bertz CT molecular complexity index is 1160. The van der Waals surface area contributed by atoms with Gasteiger partial charge in [-0.3, -0.25) is 9.59 Å². The molecule has 0 fully saturated rings. The second-order valence-corrected chi connectivity index (χ2v) is 7.85. The van der Waals surface area contributed by atoms with Crippen LogP contribution in [0.2, 0.25) is 5.02 Å². The third kappa shape index (κ3) is 4.96. The maximum atomic E-state index is 12.3. The molecule has 8 nitrogen and oxygen atoms in total. The highest BCUT2D eigenvalue weighted by Crippen LogP contribution is 2.30. The largest absolute Gasteiger partial charge is 0.479 e. The molecule has 0 aliphatic rings. The number of carbonyl (C=O) groups excluding carboxylic acids is 2. The molecule has 2 heterocycles. The zero-order chi connectivity index (χ0) is 22.7. The van der Waals surface area contributed by atoms with E-state index in [9.17, 15) is 9.59 Å². The summed E-state index contributed by atoms with van der Waals surface area (Å²) in [5.41, 5.74) is 5.07. The number of hydrogen-bond acceptors (Lipinski definition) is 5. The first-order valence-electron chi connectivity index (χ1n) is 9.90. The van der Waals surface area contributed by atoms with Crippen LogP contribution in [0.4, 0.5) is 5.69 Å². The van der Waals surface area contributed by atoms with Crippen molar-refractivity contribution < 1.29 is 14.3 Å². The second kappa shape index (κ2) is 9.34. The number of aryl methyl sites for hydroxylation is 4. The summed E-state index contributed by atoms with van der Waals surface area (Å²) in [6, 6.07) is 5.36. The Balaban J connectivity index is 1.60. The fourth-order valence-corrected chi connectivity index (χ4v) is 3.81. The van der Waals surface area contributed by atoms with Gasteiger partial charge in [0.2, 0.25) is 17.7 Å². The molecule has 0 radical (unpaired) electrons. The predicted octanol–water partition coefficient (Wildman–Crippen LogP) is 3.24. The summed E-state index contributed by atoms with van der Waals surface area (Å²) >= 11 is 6.13. The molecule has 3 rings (SSSR count). The van der Waals surface area contributed by atoms with E-state index < -0.39 is 0 Å². The van der Waals surface area contributed by atoms with E-state index >= 15 is 0 Å². The molecule has 9 heteroatoms. The number of ether oxygens (including phenoxy) is 1. The number of hydrogen-bond donors (Lipinski definition) is 2. The van der Waals surface area contributed by atoms with E-state index in [0.717, 1.165) is 33.4 Å². The number of anilines is 1. The summed E-state index contributed by atoms with van der Waals surface area (Å²) in [6.07, 6.45) is 0.728. The summed E-state index contributed by atoms with van der Waals surface area (Å²) in [6.45, 7) is 5.68. The first kappa shape index (κ1) is 22.6. The molecule has 0 aliphatic heterocycles. The molecule has 0 unspecified atom stereocenters. The molecule has 1 aromatic carbocycles. The van der Waals surface area contributed by atoms with Gasteiger partial charge >= 0.3 is 0 Å². The first-order chi connectivity index (χ1) is 14.7. The van der Waals surface area contributed by atoms with E-state index in [-0.39, 0.29) is 24.8 Å². The van der Waals surface area contributed by atoms with Crippen molar-refractivity contribution in [1.82, 2.24) is 20.1 Å². The molecular weight excluding hydrogens is 418 g/mol. The fourth-order valence-electron chi connectivity index (χ4n) is 3.53. The van der Waals surface area contributed by atoms with Crippen LogP contribution in [0.25, 0.3) is 11.0 Å². The van der Waals surface area contributed by atoms with Gasteiger partial charge in [-0.25, -0.2) is 9.67 Å². The molecule has 0 atom stereocenters. The molecule has 0 saturated heterocycles. The van der Waals surface area contributed by atoms with E-state index in [0.29, 0.717) is 23.0 Å². The van der Waals surface area contributed by atoms with Crippen molar-refractivity contribution in [2.45, 2.75) is 33.6 Å². The Hall–Kier alpha value is -3.13. The van der Waals surface area contributed by atoms with Crippen molar-refractivity contribution in [3.05, 3.63) is 45.6 Å². The van der Waals surface area contributed by atoms with Crippen LogP contribution in [0, 0.1) is 20.8 Å². The zero-order valence-corrected chi connectivity index (χ0v) is 19.1. The topological polar surface area (TPSA) is 98.1 Å². The van der Waals surface area contributed by atoms with Crippen LogP contribution in [-0.4, -0.2) is 40.2 Å². The molecule has 31 heavy (non-hydrogen) atoms. The van der Waals surface area contributed by atoms with E-state index in [4.69, 9.17) is 16.3 Å². The molecule has 0 saturated carbocycles. The van der Waals surface area contributed by atoms with Gasteiger partial charge in [-0.05, 0) is 56.0 Å². The first-order valence-corrected chi connectivity index (χ1v) is 10.3. The monoisotopic (exact) mass is 443 g/mol. The van der Waals surface area contributed by atoms with Crippen molar-refractivity contribution in [3.8, 4) is 5.88 Å². The number of pyridine rings is 1. The normalized spacial score (nSPS) is 10.9. The Kier molecular flexibility index (Phi) is 6.80. The van der Waals surface area contributed by atoms with Crippen molar-refractivity contribution in [1.29, 1.82) is 0 Å². The Labute approximate surface area is 185 Å². The van der Waals surface area contributed by atoms with Gasteiger partial charge in [-0.15, -0.1) is 5.10 Å². The third-order valence-electron chi connectivity index (χ3n) is 5.16. The summed E-state index contributed by atoms with van der Waals surface area (Å²) in [7, 11) is 3.39. The van der Waals surface area contributed by atoms with Crippen molar-refractivity contribution in [3.63, 3.8) is 0 Å². The fraction of sp³-hybridized carbons (Fsp3) is 0.364. The molecular formula is C22H26ClN5O3. The number of methoxy groups -OCH3 is 1. The zero-order valence-electron chi connectivity index (χ0n) is 18.3. The molecule has 2 aromatic heterocycles. The van der Waals surface area contributed by atoms with Gasteiger partial charge in [-0.1, -0.05) is 17.7 Å². The van der Waals surface area contributed by atoms with Crippen molar-refractivity contribution in [2.75, 3.05) is 19.0 Å². The van der Waals surface area contributed by atoms with Crippen LogP contribution >= 0.6 is 11.6 Å². The third-order valence-corrected chi connectivity index (χ3v) is 5.48. The van der Waals surface area contributed by atoms with Gasteiger partial charge < -0.3 is 15.4 Å². The number of aromatic nitrogens is 3. The van der Waals surface area contributed by atoms with Gasteiger partial charge in [0, 0.05) is 19.2 Å². The minimum absolute atomic E-state index is 0.130. The number of amides is 2. The Morgan fingerprint density at radius 3 is 2.61 bits per heavy atom. The molecule has 0 bridgehead atoms. The summed E-state index contributed by atoms with van der Waals surface area (Å²) in [5.74, 6) is -0.0449. The average Bonchev–Trinajstić information content (AvgIpc) is 3.04. The number of rotatable bonds is 7. The van der Waals surface area contributed by atoms with Crippen LogP contribution in [0.3, 0.4) is 0 Å². The second-order valence-electron chi connectivity index (χ2n) is 7.44. The van der Waals surface area contributed by atoms with Gasteiger partial charge in [0.25, 0.3) is 0 Å². The van der Waals surface area contributed by atoms with E-state index in [2.05, 4.69) is 20.7 Å². The molecule has 3 aromatic rings. The van der Waals surface area contributed by atoms with E-state index in [1.807, 2.05) is 33.9 Å². The van der Waals surface area contributed by atoms with Crippen LogP contribution < -0.4 is 15.4 Å². The van der Waals surface area contributed by atoms with E-state index in [1.165, 1.54) is 0 Å². The van der Waals surface area contributed by atoms with Gasteiger partial charge in [-0.2, -0.15) is 0 Å². The maximum absolute atomic E-state index is 12.3. The highest BCUT2D eigenvalue weighted by Gasteiger charge is 2.18. The Morgan fingerprint density at radius 1 is 1.19 bits per heavy atom. The highest BCUT2D eigenvalue weighted by atomic mass is 35.5. The number of nitrogens with one attached hydrogen (secondary N) is 2. The van der Waals surface area contributed by atoms with Crippen LogP contribution in [0.5, 0.6) is 5.88 Å². The molecule has 2 amide bonds. The van der Waals surface area contributed by atoms with Crippen LogP contribution in [0.15, 0.2) is 18.2 Å². The SMILES string of the molecule is COc1nn(C)c2nc(C)c(CCC(=O)NCC(=O)Nc3ccc(C)cc3Cl)c(C)c12. The lowest BCUT2D eigenvalue weighted by molar-refractivity contribution is -0.124. The number of benzene rings is 1. The number of fused-ring (bicyclic) bond motifs is 1. The van der Waals surface area contributed by atoms with Gasteiger partial charge in [0.1, 0.15) is 0 Å². The van der Waals surface area contributed by atoms with Crippen LogP contribution in [-0.2, 0) is 23.1 Å². The number of halogens is 1. The summed E-state index contributed by atoms with van der Waals surface area (Å²) in [4.78, 5) is 29.1. The quantitative estimate of drug-likeness (QED) is 0.584. The molecule has 0 aliphatic carbocycles. The minimum Gasteiger partial charge on any atom is -0.479 e. The molecule has 0 spiro atoms. The van der Waals surface area contributed by atoms with Crippen molar-refractivity contribution >= 4 is 40.1 Å². The van der Waals surface area contributed by atoms with E-state index in [1.54, 1.807) is 23.9 Å². The minimum atomic E-state index is -0.338. The van der Waals surface area contributed by atoms with Gasteiger partial charge in [0.05, 0.1) is 29.8 Å². The number of nitrogens with zero attached hydrogens (tertiary/aromatic N) is 3. The van der Waals surface area contributed by atoms with Gasteiger partial charge in [0.15, 0.2) is 5.65 Å². The molecule has 164 valence electrons. The standard InChI is InChI=1S/C22H26ClN5O3/c1-12-6-8-17(16(23)10-12)26-19(30)11-24-18(29)9-7-15-13(2)20-21(25-14(15)3)28(4)27-22(20)31-5/h6,8,10H,7,9,11H2,1-5H3,(H,24,29)(H,26,30). The summed E-state index contributed by atoms with van der Waals surface area (Å²) in [5, 5.41) is 11.0. The van der Waals surface area contributed by atoms with Crippen LogP contribution in [0.1, 0.15) is 28.8 Å². The summed E-state index contributed by atoms with van der Waals surface area (Å²) < 4.78 is 7.06. The van der Waals surface area contributed by atoms with Crippen molar-refractivity contribution in [2.24, 2.45) is 7.05 Å². The maximum Gasteiger partial charge on any atom is 0.243 e. The smallest absolute Gasteiger partial charge is 0.243 e. The number of carbonyl (C=O) groups is 2. The lowest BCUT2D eigenvalue weighted by Gasteiger charge is -2.12. The lowest BCUT2D eigenvalue weighted by Crippen LogP contribution is -2.33. The highest BCUT2D eigenvalue weighted by molar-refractivity contribution is 6.33.